The van der Waals surface area contributed by atoms with E-state index in [2.05, 4.69) is 9.46 Å². The van der Waals surface area contributed by atoms with E-state index in [1.807, 2.05) is 0 Å². The molecule has 0 bridgehead atoms. The first kappa shape index (κ1) is 15.6. The summed E-state index contributed by atoms with van der Waals surface area (Å²) in [5.41, 5.74) is 0.480. The van der Waals surface area contributed by atoms with Gasteiger partial charge in [0.15, 0.2) is 0 Å². The molecule has 0 fully saturated rings. The Kier molecular flexibility index (Phi) is 4.71. The summed E-state index contributed by atoms with van der Waals surface area (Å²) in [5.74, 6) is -1.16. The van der Waals surface area contributed by atoms with E-state index in [1.165, 1.54) is 36.8 Å². The van der Waals surface area contributed by atoms with Gasteiger partial charge in [-0.05, 0) is 29.1 Å². The summed E-state index contributed by atoms with van der Waals surface area (Å²) >= 11 is 0.980. The van der Waals surface area contributed by atoms with Crippen LogP contribution in [0.1, 0.15) is 15.2 Å². The zero-order valence-electron chi connectivity index (χ0n) is 11.0. The average Bonchev–Trinajstić information content (AvgIpc) is 2.95. The van der Waals surface area contributed by atoms with Crippen molar-refractivity contribution in [2.45, 2.75) is 11.4 Å². The number of sulfonamides is 1. The molecule has 5 nitrogen and oxygen atoms in total. The highest BCUT2D eigenvalue weighted by Gasteiger charge is 2.24. The van der Waals surface area contributed by atoms with E-state index in [1.54, 1.807) is 6.07 Å². The lowest BCUT2D eigenvalue weighted by molar-refractivity contribution is 0.0602. The molecular weight excluding hydrogens is 317 g/mol. The molecule has 1 N–H and O–H groups in total. The number of hydrogen-bond donors (Lipinski definition) is 1. The van der Waals surface area contributed by atoms with Crippen LogP contribution in [0.4, 0.5) is 4.39 Å². The minimum Gasteiger partial charge on any atom is -0.465 e. The maximum atomic E-state index is 13.0. The van der Waals surface area contributed by atoms with Crippen molar-refractivity contribution < 1.29 is 22.3 Å². The molecule has 8 heteroatoms. The highest BCUT2D eigenvalue weighted by atomic mass is 32.2. The molecule has 0 atom stereocenters. The molecular formula is C13H12FNO4S2. The van der Waals surface area contributed by atoms with Gasteiger partial charge in [-0.2, -0.15) is 0 Å². The third kappa shape index (κ3) is 3.66. The summed E-state index contributed by atoms with van der Waals surface area (Å²) in [6.45, 7) is -0.0729. The van der Waals surface area contributed by atoms with E-state index >= 15 is 0 Å². The Morgan fingerprint density at radius 3 is 2.81 bits per heavy atom. The minimum atomic E-state index is -3.88. The van der Waals surface area contributed by atoms with E-state index in [0.717, 1.165) is 11.3 Å². The number of ether oxygens (including phenoxy) is 1. The molecule has 0 saturated carbocycles. The molecule has 0 aliphatic rings. The van der Waals surface area contributed by atoms with Crippen molar-refractivity contribution in [1.82, 2.24) is 4.72 Å². The van der Waals surface area contributed by atoms with Crippen LogP contribution in [-0.4, -0.2) is 21.5 Å². The number of benzene rings is 1. The Labute approximate surface area is 125 Å². The number of methoxy groups -OCH3 is 1. The van der Waals surface area contributed by atoms with Crippen molar-refractivity contribution in [2.24, 2.45) is 0 Å². The van der Waals surface area contributed by atoms with Crippen LogP contribution < -0.4 is 4.72 Å². The molecule has 112 valence electrons. The number of carbonyl (C=O) groups is 1. The number of carbonyl (C=O) groups excluding carboxylic acids is 1. The molecule has 21 heavy (non-hydrogen) atoms. The first-order valence-corrected chi connectivity index (χ1v) is 8.20. The summed E-state index contributed by atoms with van der Waals surface area (Å²) in [4.78, 5) is 11.4. The maximum absolute atomic E-state index is 13.0. The van der Waals surface area contributed by atoms with Gasteiger partial charge in [0.2, 0.25) is 10.0 Å². The highest BCUT2D eigenvalue weighted by Crippen LogP contribution is 2.22. The first-order valence-electron chi connectivity index (χ1n) is 5.84. The number of nitrogens with one attached hydrogen (secondary N) is 1. The van der Waals surface area contributed by atoms with Crippen molar-refractivity contribution in [3.8, 4) is 0 Å². The smallest absolute Gasteiger partial charge is 0.349 e. The Hall–Kier alpha value is -1.77. The normalized spacial score (nSPS) is 11.3. The lowest BCUT2D eigenvalue weighted by atomic mass is 10.2. The molecule has 0 unspecified atom stereocenters. The molecule has 0 aliphatic carbocycles. The Morgan fingerprint density at radius 1 is 1.38 bits per heavy atom. The van der Waals surface area contributed by atoms with Gasteiger partial charge in [-0.1, -0.05) is 12.1 Å². The Bertz CT molecular complexity index is 755. The molecule has 1 aromatic carbocycles. The largest absolute Gasteiger partial charge is 0.465 e. The second kappa shape index (κ2) is 6.33. The number of esters is 1. The molecule has 0 radical (unpaired) electrons. The van der Waals surface area contributed by atoms with Crippen molar-refractivity contribution in [3.63, 3.8) is 0 Å². The minimum absolute atomic E-state index is 0.00393. The fourth-order valence-corrected chi connectivity index (χ4v) is 4.00. The molecule has 0 spiro atoms. The lowest BCUT2D eigenvalue weighted by Crippen LogP contribution is -2.24. The van der Waals surface area contributed by atoms with Crippen LogP contribution in [0.2, 0.25) is 0 Å². The van der Waals surface area contributed by atoms with Gasteiger partial charge in [0.1, 0.15) is 15.6 Å². The van der Waals surface area contributed by atoms with Crippen molar-refractivity contribution in [3.05, 3.63) is 52.0 Å². The molecule has 0 saturated heterocycles. The summed E-state index contributed by atoms with van der Waals surface area (Å²) in [5, 5.41) is 1.49. The lowest BCUT2D eigenvalue weighted by Gasteiger charge is -2.07. The van der Waals surface area contributed by atoms with Crippen LogP contribution in [0.25, 0.3) is 0 Å². The third-order valence-corrected chi connectivity index (χ3v) is 5.11. The third-order valence-electron chi connectivity index (χ3n) is 2.64. The van der Waals surface area contributed by atoms with Crippen LogP contribution >= 0.6 is 11.3 Å². The van der Waals surface area contributed by atoms with E-state index in [0.29, 0.717) is 5.56 Å². The highest BCUT2D eigenvalue weighted by molar-refractivity contribution is 7.89. The van der Waals surface area contributed by atoms with Gasteiger partial charge < -0.3 is 4.74 Å². The van der Waals surface area contributed by atoms with Crippen LogP contribution in [0.15, 0.2) is 40.6 Å². The van der Waals surface area contributed by atoms with Gasteiger partial charge in [-0.3, -0.25) is 0 Å². The number of halogens is 1. The van der Waals surface area contributed by atoms with E-state index in [9.17, 15) is 17.6 Å². The predicted octanol–water partition coefficient (Wildman–Crippen LogP) is 2.15. The molecule has 1 heterocycles. The van der Waals surface area contributed by atoms with Crippen molar-refractivity contribution in [1.29, 1.82) is 0 Å². The quantitative estimate of drug-likeness (QED) is 0.853. The standard InChI is InChI=1S/C13H12FNO4S2/c1-19-13(16)12-11(5-6-20-12)21(17,18)15-8-9-3-2-4-10(14)7-9/h2-7,15H,8H2,1H3. The fraction of sp³-hybridized carbons (Fsp3) is 0.154. The summed E-state index contributed by atoms with van der Waals surface area (Å²) in [7, 11) is -2.70. The molecule has 2 rings (SSSR count). The molecule has 2 aromatic rings. The van der Waals surface area contributed by atoms with Crippen LogP contribution in [-0.2, 0) is 21.3 Å². The summed E-state index contributed by atoms with van der Waals surface area (Å²) in [6, 6.07) is 6.91. The zero-order chi connectivity index (χ0) is 15.5. The van der Waals surface area contributed by atoms with Crippen molar-refractivity contribution >= 4 is 27.3 Å². The zero-order valence-corrected chi connectivity index (χ0v) is 12.6. The Balaban J connectivity index is 2.19. The first-order chi connectivity index (χ1) is 9.94. The second-order valence-electron chi connectivity index (χ2n) is 4.06. The number of rotatable bonds is 5. The number of thiophene rings is 1. The molecule has 1 aromatic heterocycles. The second-order valence-corrected chi connectivity index (χ2v) is 6.71. The van der Waals surface area contributed by atoms with E-state index in [-0.39, 0.29) is 16.3 Å². The number of hydrogen-bond acceptors (Lipinski definition) is 5. The van der Waals surface area contributed by atoms with Crippen LogP contribution in [0.5, 0.6) is 0 Å². The monoisotopic (exact) mass is 329 g/mol. The fourth-order valence-electron chi connectivity index (χ4n) is 1.65. The summed E-state index contributed by atoms with van der Waals surface area (Å²) < 4.78 is 44.3. The average molecular weight is 329 g/mol. The predicted molar refractivity (Wildman–Crippen MR) is 76.1 cm³/mol. The van der Waals surface area contributed by atoms with Gasteiger partial charge in [0.25, 0.3) is 0 Å². The topological polar surface area (TPSA) is 72.5 Å². The van der Waals surface area contributed by atoms with Crippen LogP contribution in [0, 0.1) is 5.82 Å². The van der Waals surface area contributed by atoms with Gasteiger partial charge >= 0.3 is 5.97 Å². The van der Waals surface area contributed by atoms with Crippen molar-refractivity contribution in [2.75, 3.05) is 7.11 Å². The van der Waals surface area contributed by atoms with E-state index < -0.39 is 21.8 Å². The maximum Gasteiger partial charge on any atom is 0.349 e. The SMILES string of the molecule is COC(=O)c1sccc1S(=O)(=O)NCc1cccc(F)c1. The van der Waals surface area contributed by atoms with Gasteiger partial charge in [0.05, 0.1) is 7.11 Å². The van der Waals surface area contributed by atoms with Crippen LogP contribution in [0.3, 0.4) is 0 Å². The van der Waals surface area contributed by atoms with Gasteiger partial charge in [-0.15, -0.1) is 11.3 Å². The van der Waals surface area contributed by atoms with Gasteiger partial charge in [-0.25, -0.2) is 22.3 Å². The summed E-state index contributed by atoms with van der Waals surface area (Å²) in [6.07, 6.45) is 0. The molecule has 0 aliphatic heterocycles. The Morgan fingerprint density at radius 2 is 2.14 bits per heavy atom. The van der Waals surface area contributed by atoms with E-state index in [4.69, 9.17) is 0 Å². The molecule has 0 amide bonds. The van der Waals surface area contributed by atoms with Gasteiger partial charge in [0, 0.05) is 6.54 Å².